The van der Waals surface area contributed by atoms with Crippen LogP contribution in [-0.2, 0) is 22.9 Å². The van der Waals surface area contributed by atoms with Crippen molar-refractivity contribution in [1.82, 2.24) is 4.72 Å². The van der Waals surface area contributed by atoms with Crippen LogP contribution in [-0.4, -0.2) is 19.4 Å². The van der Waals surface area contributed by atoms with Gasteiger partial charge < -0.3 is 5.73 Å². The fourth-order valence-electron chi connectivity index (χ4n) is 2.47. The average molecular weight is 312 g/mol. The number of nitrogens with two attached hydrogens (primary N) is 1. The van der Waals surface area contributed by atoms with E-state index in [1.165, 1.54) is 5.56 Å². The zero-order valence-electron chi connectivity index (χ0n) is 11.7. The van der Waals surface area contributed by atoms with E-state index >= 15 is 0 Å². The van der Waals surface area contributed by atoms with Crippen LogP contribution in [0.3, 0.4) is 0 Å². The van der Waals surface area contributed by atoms with Gasteiger partial charge in [-0.15, -0.1) is 0 Å². The molecule has 0 aromatic heterocycles. The molecule has 3 N–H and O–H groups in total. The third-order valence-corrected chi connectivity index (χ3v) is 5.33. The van der Waals surface area contributed by atoms with Gasteiger partial charge in [-0.05, 0) is 48.4 Å². The molecule has 110 valence electrons. The molecule has 0 spiro atoms. The predicted molar refractivity (Wildman–Crippen MR) is 84.2 cm³/mol. The van der Waals surface area contributed by atoms with Gasteiger partial charge in [-0.2, -0.15) is 0 Å². The third kappa shape index (κ3) is 3.19. The minimum absolute atomic E-state index is 0.0108. The van der Waals surface area contributed by atoms with E-state index in [1.54, 1.807) is 12.1 Å². The lowest BCUT2D eigenvalue weighted by Crippen LogP contribution is -2.46. The number of sulfonamides is 1. The summed E-state index contributed by atoms with van der Waals surface area (Å²) < 4.78 is 27.5. The summed E-state index contributed by atoms with van der Waals surface area (Å²) in [7, 11) is -3.59. The summed E-state index contributed by atoms with van der Waals surface area (Å²) in [5, 5.41) is 0. The molecule has 1 atom stereocenters. The Kier molecular flexibility index (Phi) is 4.46. The largest absolute Gasteiger partial charge is 0.392 e. The van der Waals surface area contributed by atoms with Gasteiger partial charge in [0.15, 0.2) is 0 Å². The fourth-order valence-corrected chi connectivity index (χ4v) is 4.29. The molecule has 0 saturated carbocycles. The molecule has 0 aliphatic heterocycles. The summed E-state index contributed by atoms with van der Waals surface area (Å²) in [6.07, 6.45) is 3.07. The predicted octanol–water partition coefficient (Wildman–Crippen LogP) is 1.76. The maximum absolute atomic E-state index is 12.4. The molecule has 1 unspecified atom stereocenters. The van der Waals surface area contributed by atoms with Gasteiger partial charge in [-0.3, -0.25) is 0 Å². The third-order valence-electron chi connectivity index (χ3n) is 3.64. The number of hydrogen-bond acceptors (Lipinski definition) is 3. The molecule has 0 radical (unpaired) electrons. The number of rotatable bonds is 5. The van der Waals surface area contributed by atoms with Gasteiger partial charge in [0.25, 0.3) is 0 Å². The molecule has 4 nitrogen and oxygen atoms in total. The summed E-state index contributed by atoms with van der Waals surface area (Å²) in [5.41, 5.74) is 8.00. The van der Waals surface area contributed by atoms with Crippen LogP contribution in [0.2, 0.25) is 0 Å². The highest BCUT2D eigenvalue weighted by Crippen LogP contribution is 2.25. The van der Waals surface area contributed by atoms with Crippen molar-refractivity contribution in [2.75, 3.05) is 0 Å². The van der Waals surface area contributed by atoms with Gasteiger partial charge in [0.05, 0.1) is 15.9 Å². The number of aryl methyl sites for hydroxylation is 2. The second-order valence-corrected chi connectivity index (χ2v) is 7.71. The van der Waals surface area contributed by atoms with E-state index in [9.17, 15) is 8.42 Å². The first-order valence-electron chi connectivity index (χ1n) is 6.74. The second kappa shape index (κ2) is 5.79. The summed E-state index contributed by atoms with van der Waals surface area (Å²) in [4.78, 5) is 0.463. The molecule has 0 amide bonds. The zero-order valence-corrected chi connectivity index (χ0v) is 13.4. The summed E-state index contributed by atoms with van der Waals surface area (Å²) in [6, 6.07) is 4.80. The molecule has 1 aliphatic rings. The lowest BCUT2D eigenvalue weighted by molar-refractivity contribution is 0.526. The lowest BCUT2D eigenvalue weighted by Gasteiger charge is -2.21. The number of benzene rings is 1. The lowest BCUT2D eigenvalue weighted by atomic mass is 10.1. The Morgan fingerprint density at radius 3 is 2.55 bits per heavy atom. The van der Waals surface area contributed by atoms with Gasteiger partial charge in [0.1, 0.15) is 0 Å². The quantitative estimate of drug-likeness (QED) is 0.813. The number of fused-ring (bicyclic) bond motifs is 1. The van der Waals surface area contributed by atoms with Crippen molar-refractivity contribution in [2.24, 2.45) is 11.7 Å². The molecule has 1 aromatic carbocycles. The van der Waals surface area contributed by atoms with E-state index in [0.717, 1.165) is 24.8 Å². The number of nitrogens with one attached hydrogen (secondary N) is 1. The van der Waals surface area contributed by atoms with Crippen molar-refractivity contribution in [1.29, 1.82) is 0 Å². The van der Waals surface area contributed by atoms with Crippen molar-refractivity contribution < 1.29 is 8.42 Å². The smallest absolute Gasteiger partial charge is 0.241 e. The van der Waals surface area contributed by atoms with Crippen molar-refractivity contribution in [3.8, 4) is 0 Å². The molecule has 0 heterocycles. The van der Waals surface area contributed by atoms with E-state index < -0.39 is 16.1 Å². The van der Waals surface area contributed by atoms with E-state index in [0.29, 0.717) is 4.90 Å². The average Bonchev–Trinajstić information content (AvgIpc) is 2.82. The Hall–Kier alpha value is -0.980. The van der Waals surface area contributed by atoms with Crippen LogP contribution in [0.4, 0.5) is 0 Å². The standard InChI is InChI=1S/C14H20N2O2S2/c1-9(2)13(14(15)19)16-20(17,18)12-7-6-10-4-3-5-11(10)8-12/h6-9,13,16H,3-5H2,1-2H3,(H2,15,19). The SMILES string of the molecule is CC(C)C(NS(=O)(=O)c1ccc2c(c1)CCC2)C(N)=S. The van der Waals surface area contributed by atoms with Gasteiger partial charge >= 0.3 is 0 Å². The maximum atomic E-state index is 12.4. The zero-order chi connectivity index (χ0) is 14.9. The minimum Gasteiger partial charge on any atom is -0.392 e. The highest BCUT2D eigenvalue weighted by Gasteiger charge is 2.25. The second-order valence-electron chi connectivity index (χ2n) is 5.53. The van der Waals surface area contributed by atoms with Crippen molar-refractivity contribution in [3.05, 3.63) is 29.3 Å². The van der Waals surface area contributed by atoms with Gasteiger partial charge in [-0.25, -0.2) is 13.1 Å². The van der Waals surface area contributed by atoms with Gasteiger partial charge in [0.2, 0.25) is 10.0 Å². The van der Waals surface area contributed by atoms with Gasteiger partial charge in [-0.1, -0.05) is 32.1 Å². The van der Waals surface area contributed by atoms with E-state index in [2.05, 4.69) is 4.72 Å². The highest BCUT2D eigenvalue weighted by atomic mass is 32.2. The van der Waals surface area contributed by atoms with Crippen LogP contribution in [0, 0.1) is 5.92 Å². The minimum atomic E-state index is -3.59. The van der Waals surface area contributed by atoms with Crippen LogP contribution < -0.4 is 10.5 Å². The van der Waals surface area contributed by atoms with Crippen LogP contribution >= 0.6 is 12.2 Å². The monoisotopic (exact) mass is 312 g/mol. The van der Waals surface area contributed by atoms with Gasteiger partial charge in [0, 0.05) is 0 Å². The molecular weight excluding hydrogens is 292 g/mol. The van der Waals surface area contributed by atoms with E-state index in [4.69, 9.17) is 18.0 Å². The van der Waals surface area contributed by atoms with Crippen molar-refractivity contribution in [3.63, 3.8) is 0 Å². The van der Waals surface area contributed by atoms with E-state index in [-0.39, 0.29) is 10.9 Å². The molecule has 0 bridgehead atoms. The molecular formula is C14H20N2O2S2. The van der Waals surface area contributed by atoms with Crippen LogP contribution in [0.1, 0.15) is 31.4 Å². The van der Waals surface area contributed by atoms with Crippen LogP contribution in [0.25, 0.3) is 0 Å². The van der Waals surface area contributed by atoms with Crippen LogP contribution in [0.15, 0.2) is 23.1 Å². The first-order chi connectivity index (χ1) is 9.31. The Balaban J connectivity index is 2.28. The summed E-state index contributed by atoms with van der Waals surface area (Å²) in [6.45, 7) is 3.77. The maximum Gasteiger partial charge on any atom is 0.241 e. The summed E-state index contributed by atoms with van der Waals surface area (Å²) >= 11 is 4.94. The molecule has 0 fully saturated rings. The molecule has 20 heavy (non-hydrogen) atoms. The van der Waals surface area contributed by atoms with Crippen molar-refractivity contribution in [2.45, 2.75) is 44.0 Å². The Morgan fingerprint density at radius 1 is 1.30 bits per heavy atom. The first-order valence-corrected chi connectivity index (χ1v) is 8.64. The molecule has 1 aliphatic carbocycles. The number of hydrogen-bond donors (Lipinski definition) is 2. The Morgan fingerprint density at radius 2 is 1.95 bits per heavy atom. The van der Waals surface area contributed by atoms with Crippen LogP contribution in [0.5, 0.6) is 0 Å². The normalized spacial score (nSPS) is 16.1. The summed E-state index contributed by atoms with van der Waals surface area (Å²) in [5.74, 6) is 0.0108. The topological polar surface area (TPSA) is 72.2 Å². The number of thiocarbonyl (C=S) groups is 1. The van der Waals surface area contributed by atoms with E-state index in [1.807, 2.05) is 19.9 Å². The molecule has 2 rings (SSSR count). The van der Waals surface area contributed by atoms with Crippen molar-refractivity contribution >= 4 is 27.2 Å². The first kappa shape index (κ1) is 15.4. The fraction of sp³-hybridized carbons (Fsp3) is 0.500. The molecule has 0 saturated heterocycles. The Labute approximate surface area is 125 Å². The Bertz CT molecular complexity index is 624. The molecule has 1 aromatic rings. The molecule has 6 heteroatoms. The highest BCUT2D eigenvalue weighted by molar-refractivity contribution is 7.89.